The van der Waals surface area contributed by atoms with E-state index >= 15 is 0 Å². The summed E-state index contributed by atoms with van der Waals surface area (Å²) in [7, 11) is 0. The van der Waals surface area contributed by atoms with Crippen LogP contribution in [-0.4, -0.2) is 35.8 Å². The Labute approximate surface area is 81.7 Å². The number of hydrogen-bond acceptors (Lipinski definition) is 0. The minimum absolute atomic E-state index is 0.653. The molecule has 0 heterocycles. The molecule has 0 nitrogen and oxygen atoms in total. The van der Waals surface area contributed by atoms with Gasteiger partial charge in [-0.3, -0.25) is 0 Å². The zero-order chi connectivity index (χ0) is 8.41. The molecule has 0 aliphatic rings. The van der Waals surface area contributed by atoms with Gasteiger partial charge in [-0.2, -0.15) is 0 Å². The van der Waals surface area contributed by atoms with E-state index in [1.807, 2.05) is 0 Å². The average Bonchev–Trinajstić information content (AvgIpc) is 1.93. The SMILES string of the molecule is CC[Se].C[CH2][Sn]([CH2]C)[CH2]C. The molecule has 0 spiro atoms. The van der Waals surface area contributed by atoms with Gasteiger partial charge < -0.3 is 0 Å². The molecule has 0 rings (SSSR count). The Morgan fingerprint density at radius 1 is 0.900 bits per heavy atom. The Hall–Kier alpha value is 1.32. The monoisotopic (exact) mass is 316 g/mol. The van der Waals surface area contributed by atoms with Crippen molar-refractivity contribution in [3.05, 3.63) is 0 Å². The van der Waals surface area contributed by atoms with Crippen LogP contribution in [0, 0.1) is 0 Å². The summed E-state index contributed by atoms with van der Waals surface area (Å²) in [4.78, 5) is 0. The van der Waals surface area contributed by atoms with Crippen molar-refractivity contribution in [1.82, 2.24) is 0 Å². The van der Waals surface area contributed by atoms with Crippen LogP contribution in [0.15, 0.2) is 0 Å². The summed E-state index contributed by atoms with van der Waals surface area (Å²) in [5.41, 5.74) is 0. The van der Waals surface area contributed by atoms with Crippen LogP contribution >= 0.6 is 0 Å². The van der Waals surface area contributed by atoms with Gasteiger partial charge in [-0.15, -0.1) is 0 Å². The van der Waals surface area contributed by atoms with Crippen LogP contribution < -0.4 is 0 Å². The van der Waals surface area contributed by atoms with E-state index in [1.165, 1.54) is 0 Å². The molecular weight excluding hydrogens is 294 g/mol. The van der Waals surface area contributed by atoms with Gasteiger partial charge in [0.25, 0.3) is 0 Å². The summed E-state index contributed by atoms with van der Waals surface area (Å²) in [6.07, 6.45) is 0. The number of hydrogen-bond donors (Lipinski definition) is 0. The molecule has 62 valence electrons. The van der Waals surface area contributed by atoms with Gasteiger partial charge in [0.1, 0.15) is 0 Å². The van der Waals surface area contributed by atoms with E-state index < -0.39 is 19.8 Å². The van der Waals surface area contributed by atoms with Crippen molar-refractivity contribution < 1.29 is 0 Å². The van der Waals surface area contributed by atoms with Crippen molar-refractivity contribution in [3.8, 4) is 0 Å². The first-order valence-electron chi connectivity index (χ1n) is 4.18. The molecule has 0 amide bonds. The Bertz CT molecular complexity index is 39.0. The maximum atomic E-state index is 2.81. The fourth-order valence-electron chi connectivity index (χ4n) is 0.750. The molecule has 0 aromatic carbocycles. The Balaban J connectivity index is 0. The van der Waals surface area contributed by atoms with Gasteiger partial charge in [-0.1, -0.05) is 0 Å². The van der Waals surface area contributed by atoms with Crippen LogP contribution in [0.25, 0.3) is 0 Å². The molecule has 2 radical (unpaired) electrons. The zero-order valence-electron chi connectivity index (χ0n) is 7.74. The topological polar surface area (TPSA) is 0 Å². The third-order valence-corrected chi connectivity index (χ3v) is 10.1. The fraction of sp³-hybridized carbons (Fsp3) is 1.00. The summed E-state index contributed by atoms with van der Waals surface area (Å²) >= 11 is 2.15. The summed E-state index contributed by atoms with van der Waals surface area (Å²) in [6.45, 7) is 9.12. The van der Waals surface area contributed by atoms with E-state index in [2.05, 4.69) is 43.7 Å². The summed E-state index contributed by atoms with van der Waals surface area (Å²) in [5.74, 6) is 0. The molecule has 0 bridgehead atoms. The molecule has 0 saturated carbocycles. The van der Waals surface area contributed by atoms with Crippen LogP contribution in [0.4, 0.5) is 0 Å². The molecule has 0 N–H and O–H groups in total. The summed E-state index contributed by atoms with van der Waals surface area (Å²) in [5, 5.41) is 1.12. The molecule has 0 unspecified atom stereocenters. The van der Waals surface area contributed by atoms with Gasteiger partial charge >= 0.3 is 82.1 Å². The molecular formula is C8H20SeSn. The number of rotatable bonds is 3. The molecule has 2 heteroatoms. The van der Waals surface area contributed by atoms with Crippen LogP contribution in [0.2, 0.25) is 18.6 Å². The predicted molar refractivity (Wildman–Crippen MR) is 53.4 cm³/mol. The van der Waals surface area contributed by atoms with E-state index in [0.29, 0.717) is 0 Å². The molecule has 0 aliphatic heterocycles. The van der Waals surface area contributed by atoms with E-state index in [-0.39, 0.29) is 0 Å². The van der Waals surface area contributed by atoms with Crippen molar-refractivity contribution in [1.29, 1.82) is 0 Å². The maximum absolute atomic E-state index is 2.81. The van der Waals surface area contributed by atoms with Gasteiger partial charge in [-0.05, 0) is 0 Å². The Morgan fingerprint density at radius 3 is 1.10 bits per heavy atom. The van der Waals surface area contributed by atoms with Crippen molar-refractivity contribution in [2.45, 2.75) is 46.3 Å². The third kappa shape index (κ3) is 12.0. The van der Waals surface area contributed by atoms with Crippen LogP contribution in [0.1, 0.15) is 27.7 Å². The summed E-state index contributed by atoms with van der Waals surface area (Å²) in [6, 6.07) is 0. The average molecular weight is 314 g/mol. The quantitative estimate of drug-likeness (QED) is 0.702. The van der Waals surface area contributed by atoms with Crippen LogP contribution in [0.5, 0.6) is 0 Å². The minimum atomic E-state index is -0.653. The van der Waals surface area contributed by atoms with Crippen LogP contribution in [-0.2, 0) is 0 Å². The second-order valence-electron chi connectivity index (χ2n) is 2.10. The molecule has 0 aromatic rings. The van der Waals surface area contributed by atoms with Gasteiger partial charge in [0.05, 0.1) is 0 Å². The van der Waals surface area contributed by atoms with Gasteiger partial charge in [-0.25, -0.2) is 0 Å². The molecule has 10 heavy (non-hydrogen) atoms. The van der Waals surface area contributed by atoms with Gasteiger partial charge in [0.15, 0.2) is 0 Å². The molecule has 0 atom stereocenters. The second-order valence-corrected chi connectivity index (χ2v) is 13.6. The van der Waals surface area contributed by atoms with Gasteiger partial charge in [0.2, 0.25) is 0 Å². The van der Waals surface area contributed by atoms with E-state index in [9.17, 15) is 0 Å². The zero-order valence-corrected chi connectivity index (χ0v) is 12.3. The molecule has 0 fully saturated rings. The molecule has 0 aliphatic carbocycles. The first kappa shape index (κ1) is 13.9. The Kier molecular flexibility index (Phi) is 18.0. The van der Waals surface area contributed by atoms with Crippen molar-refractivity contribution >= 4 is 35.8 Å². The van der Waals surface area contributed by atoms with E-state index in [0.717, 1.165) is 5.32 Å². The van der Waals surface area contributed by atoms with Crippen molar-refractivity contribution in [2.75, 3.05) is 0 Å². The second kappa shape index (κ2) is 12.9. The summed E-state index contributed by atoms with van der Waals surface area (Å²) < 4.78 is 4.65. The Morgan fingerprint density at radius 2 is 1.10 bits per heavy atom. The van der Waals surface area contributed by atoms with Crippen molar-refractivity contribution in [2.24, 2.45) is 0 Å². The standard InChI is InChI=1S/C2H5Se.3C2H5.Sn/c1-2-3;3*1-2;/h2H2,1H3;3*1H2,2H3;. The van der Waals surface area contributed by atoms with Crippen molar-refractivity contribution in [3.63, 3.8) is 0 Å². The van der Waals surface area contributed by atoms with E-state index in [4.69, 9.17) is 0 Å². The third-order valence-electron chi connectivity index (χ3n) is 1.50. The first-order chi connectivity index (χ1) is 4.76. The predicted octanol–water partition coefficient (Wildman–Crippen LogP) is 3.13. The normalized spacial score (nSPS) is 9.00. The van der Waals surface area contributed by atoms with Gasteiger partial charge in [0, 0.05) is 0 Å². The fourth-order valence-corrected chi connectivity index (χ4v) is 5.03. The molecule has 0 aromatic heterocycles. The van der Waals surface area contributed by atoms with Crippen LogP contribution in [0.3, 0.4) is 0 Å². The van der Waals surface area contributed by atoms with E-state index in [1.54, 1.807) is 13.3 Å². The molecule has 0 saturated heterocycles. The first-order valence-corrected chi connectivity index (χ1v) is 11.4.